The van der Waals surface area contributed by atoms with Gasteiger partial charge in [0.05, 0.1) is 17.1 Å². The minimum atomic E-state index is -3.97. The van der Waals surface area contributed by atoms with Gasteiger partial charge >= 0.3 is 0 Å². The molecule has 3 nitrogen and oxygen atoms in total. The van der Waals surface area contributed by atoms with Gasteiger partial charge in [-0.25, -0.2) is 17.2 Å². The van der Waals surface area contributed by atoms with E-state index in [0.29, 0.717) is 11.1 Å². The Bertz CT molecular complexity index is 1060. The summed E-state index contributed by atoms with van der Waals surface area (Å²) in [5.41, 5.74) is 1.99. The molecule has 3 aromatic rings. The predicted molar refractivity (Wildman–Crippen MR) is 102 cm³/mol. The van der Waals surface area contributed by atoms with Crippen LogP contribution in [0.3, 0.4) is 0 Å². The number of anilines is 1. The van der Waals surface area contributed by atoms with Crippen molar-refractivity contribution in [3.05, 3.63) is 95.1 Å². The second kappa shape index (κ2) is 7.48. The molecule has 0 spiro atoms. The second-order valence-corrected chi connectivity index (χ2v) is 8.25. The molecule has 0 atom stereocenters. The summed E-state index contributed by atoms with van der Waals surface area (Å²) < 4.78 is 55.2. The number of hydrogen-bond acceptors (Lipinski definition) is 2. The first kappa shape index (κ1) is 19.0. The molecule has 0 saturated heterocycles. The van der Waals surface area contributed by atoms with Gasteiger partial charge < -0.3 is 0 Å². The van der Waals surface area contributed by atoms with Crippen molar-refractivity contribution < 1.29 is 17.2 Å². The Morgan fingerprint density at radius 3 is 2.22 bits per heavy atom. The standard InChI is InChI=1S/C21H19F2NO2S/c1-15-6-10-20(11-7-15)27(25,26)24(14-17-4-3-5-18(22)12-17)19-9-8-16(2)21(23)13-19/h3-13H,14H2,1-2H3. The SMILES string of the molecule is Cc1ccc(S(=O)(=O)N(Cc2cccc(F)c2)c2ccc(C)c(F)c2)cc1. The highest BCUT2D eigenvalue weighted by molar-refractivity contribution is 7.92. The molecule has 0 amide bonds. The van der Waals surface area contributed by atoms with E-state index in [1.165, 1.54) is 42.5 Å². The van der Waals surface area contributed by atoms with Gasteiger partial charge in [-0.05, 0) is 61.4 Å². The van der Waals surface area contributed by atoms with Crippen LogP contribution in [-0.4, -0.2) is 8.42 Å². The van der Waals surface area contributed by atoms with Crippen LogP contribution >= 0.6 is 0 Å². The smallest absolute Gasteiger partial charge is 0.262 e. The highest BCUT2D eigenvalue weighted by atomic mass is 32.2. The lowest BCUT2D eigenvalue weighted by atomic mass is 10.2. The zero-order valence-corrected chi connectivity index (χ0v) is 15.8. The summed E-state index contributed by atoms with van der Waals surface area (Å²) in [4.78, 5) is 0.0884. The largest absolute Gasteiger partial charge is 0.264 e. The molecule has 0 saturated carbocycles. The van der Waals surface area contributed by atoms with Gasteiger partial charge in [0.15, 0.2) is 0 Å². The quantitative estimate of drug-likeness (QED) is 0.619. The highest BCUT2D eigenvalue weighted by Crippen LogP contribution is 2.28. The fourth-order valence-corrected chi connectivity index (χ4v) is 4.14. The topological polar surface area (TPSA) is 37.4 Å². The molecular weight excluding hydrogens is 368 g/mol. The van der Waals surface area contributed by atoms with E-state index in [-0.39, 0.29) is 17.1 Å². The normalized spacial score (nSPS) is 11.4. The number of rotatable bonds is 5. The van der Waals surface area contributed by atoms with Crippen LogP contribution in [0.15, 0.2) is 71.6 Å². The molecule has 6 heteroatoms. The van der Waals surface area contributed by atoms with Crippen molar-refractivity contribution in [2.45, 2.75) is 25.3 Å². The minimum Gasteiger partial charge on any atom is -0.262 e. The second-order valence-electron chi connectivity index (χ2n) is 6.39. The average Bonchev–Trinajstić information content (AvgIpc) is 2.62. The Kier molecular flexibility index (Phi) is 5.28. The van der Waals surface area contributed by atoms with Gasteiger partial charge in [0, 0.05) is 0 Å². The molecule has 0 aliphatic rings. The fraction of sp³-hybridized carbons (Fsp3) is 0.143. The molecule has 0 aliphatic carbocycles. The molecule has 0 aliphatic heterocycles. The van der Waals surface area contributed by atoms with E-state index in [4.69, 9.17) is 0 Å². The molecular formula is C21H19F2NO2S. The summed E-state index contributed by atoms with van der Waals surface area (Å²) in [7, 11) is -3.97. The van der Waals surface area contributed by atoms with Crippen LogP contribution in [0.2, 0.25) is 0 Å². The fourth-order valence-electron chi connectivity index (χ4n) is 2.69. The number of benzene rings is 3. The van der Waals surface area contributed by atoms with Crippen molar-refractivity contribution in [2.75, 3.05) is 4.31 Å². The van der Waals surface area contributed by atoms with Crippen LogP contribution in [-0.2, 0) is 16.6 Å². The van der Waals surface area contributed by atoms with Gasteiger partial charge in [0.2, 0.25) is 0 Å². The Hall–Kier alpha value is -2.73. The van der Waals surface area contributed by atoms with Crippen molar-refractivity contribution in [1.29, 1.82) is 0 Å². The zero-order valence-electron chi connectivity index (χ0n) is 15.0. The van der Waals surface area contributed by atoms with Gasteiger partial charge in [-0.1, -0.05) is 35.9 Å². The molecule has 0 aromatic heterocycles. The van der Waals surface area contributed by atoms with E-state index >= 15 is 0 Å². The van der Waals surface area contributed by atoms with Crippen molar-refractivity contribution in [2.24, 2.45) is 0 Å². The molecule has 0 unspecified atom stereocenters. The summed E-state index contributed by atoms with van der Waals surface area (Å²) in [5.74, 6) is -0.967. The van der Waals surface area contributed by atoms with E-state index in [1.54, 1.807) is 31.2 Å². The van der Waals surface area contributed by atoms with Crippen molar-refractivity contribution in [3.63, 3.8) is 0 Å². The minimum absolute atomic E-state index is 0.0884. The van der Waals surface area contributed by atoms with E-state index in [9.17, 15) is 17.2 Å². The monoisotopic (exact) mass is 387 g/mol. The molecule has 140 valence electrons. The first-order valence-electron chi connectivity index (χ1n) is 8.37. The van der Waals surface area contributed by atoms with Gasteiger partial charge in [0.25, 0.3) is 10.0 Å². The number of halogens is 2. The van der Waals surface area contributed by atoms with Crippen LogP contribution in [0.1, 0.15) is 16.7 Å². The van der Waals surface area contributed by atoms with Crippen molar-refractivity contribution in [1.82, 2.24) is 0 Å². The average molecular weight is 387 g/mol. The number of nitrogens with zero attached hydrogens (tertiary/aromatic N) is 1. The van der Waals surface area contributed by atoms with E-state index < -0.39 is 21.7 Å². The van der Waals surface area contributed by atoms with Crippen molar-refractivity contribution >= 4 is 15.7 Å². The maximum Gasteiger partial charge on any atom is 0.264 e. The van der Waals surface area contributed by atoms with Crippen molar-refractivity contribution in [3.8, 4) is 0 Å². The third-order valence-electron chi connectivity index (χ3n) is 4.27. The molecule has 3 rings (SSSR count). The molecule has 0 radical (unpaired) electrons. The van der Waals surface area contributed by atoms with Gasteiger partial charge in [-0.2, -0.15) is 0 Å². The summed E-state index contributed by atoms with van der Waals surface area (Å²) >= 11 is 0. The van der Waals surface area contributed by atoms with Crippen LogP contribution < -0.4 is 4.31 Å². The van der Waals surface area contributed by atoms with Gasteiger partial charge in [-0.3, -0.25) is 4.31 Å². The lowest BCUT2D eigenvalue weighted by Crippen LogP contribution is -2.30. The lowest BCUT2D eigenvalue weighted by molar-refractivity contribution is 0.588. The molecule has 0 fully saturated rings. The Morgan fingerprint density at radius 2 is 1.59 bits per heavy atom. The lowest BCUT2D eigenvalue weighted by Gasteiger charge is -2.25. The molecule has 0 bridgehead atoms. The highest BCUT2D eigenvalue weighted by Gasteiger charge is 2.26. The molecule has 0 N–H and O–H groups in total. The van der Waals surface area contributed by atoms with Crippen LogP contribution in [0, 0.1) is 25.5 Å². The Labute approximate surface area is 157 Å². The van der Waals surface area contributed by atoms with E-state index in [0.717, 1.165) is 9.87 Å². The summed E-state index contributed by atoms with van der Waals surface area (Å²) in [5, 5.41) is 0. The van der Waals surface area contributed by atoms with Gasteiger partial charge in [-0.15, -0.1) is 0 Å². The van der Waals surface area contributed by atoms with Crippen LogP contribution in [0.25, 0.3) is 0 Å². The van der Waals surface area contributed by atoms with Crippen LogP contribution in [0.4, 0.5) is 14.5 Å². The summed E-state index contributed by atoms with van der Waals surface area (Å²) in [6.07, 6.45) is 0. The Balaban J connectivity index is 2.11. The maximum atomic E-state index is 14.1. The van der Waals surface area contributed by atoms with Gasteiger partial charge in [0.1, 0.15) is 11.6 Å². The molecule has 3 aromatic carbocycles. The third-order valence-corrected chi connectivity index (χ3v) is 6.06. The third kappa shape index (κ3) is 4.17. The van der Waals surface area contributed by atoms with Crippen LogP contribution in [0.5, 0.6) is 0 Å². The summed E-state index contributed by atoms with van der Waals surface area (Å²) in [6, 6.07) is 16.4. The number of sulfonamides is 1. The maximum absolute atomic E-state index is 14.1. The summed E-state index contributed by atoms with van der Waals surface area (Å²) in [6.45, 7) is 3.34. The van der Waals surface area contributed by atoms with E-state index in [1.807, 2.05) is 6.92 Å². The number of hydrogen-bond donors (Lipinski definition) is 0. The molecule has 0 heterocycles. The Morgan fingerprint density at radius 1 is 0.889 bits per heavy atom. The first-order valence-corrected chi connectivity index (χ1v) is 9.81. The zero-order chi connectivity index (χ0) is 19.6. The molecule has 27 heavy (non-hydrogen) atoms. The first-order chi connectivity index (χ1) is 12.8. The van der Waals surface area contributed by atoms with E-state index in [2.05, 4.69) is 0 Å². The number of aryl methyl sites for hydroxylation is 2. The predicted octanol–water partition coefficient (Wildman–Crippen LogP) is 4.98.